The number of ketones is 1. The summed E-state index contributed by atoms with van der Waals surface area (Å²) in [6.45, 7) is 8.86. The Morgan fingerprint density at radius 3 is 2.42 bits per heavy atom. The Labute approximate surface area is 116 Å². The third-order valence-corrected chi connectivity index (χ3v) is 3.89. The standard InChI is InChI=1S/C17H24O2/c1-12(18)14-8-15(17(2,3)4)10-16(9-14)19-11-13-6-5-7-13/h8-10,13H,5-7,11H2,1-4H3. The lowest BCUT2D eigenvalue weighted by Gasteiger charge is -2.26. The molecule has 0 heterocycles. The summed E-state index contributed by atoms with van der Waals surface area (Å²) in [6.07, 6.45) is 3.88. The average Bonchev–Trinajstić information content (AvgIpc) is 2.25. The molecule has 1 aliphatic carbocycles. The number of benzene rings is 1. The molecule has 0 N–H and O–H groups in total. The molecule has 1 aliphatic rings. The van der Waals surface area contributed by atoms with Gasteiger partial charge >= 0.3 is 0 Å². The van der Waals surface area contributed by atoms with E-state index in [9.17, 15) is 4.79 Å². The van der Waals surface area contributed by atoms with E-state index in [4.69, 9.17) is 4.74 Å². The van der Waals surface area contributed by atoms with Crippen LogP contribution in [0, 0.1) is 5.92 Å². The third kappa shape index (κ3) is 3.59. The Hall–Kier alpha value is -1.31. The summed E-state index contributed by atoms with van der Waals surface area (Å²) in [5.74, 6) is 1.64. The van der Waals surface area contributed by atoms with Crippen LogP contribution in [-0.2, 0) is 5.41 Å². The van der Waals surface area contributed by atoms with Crippen LogP contribution in [0.5, 0.6) is 5.75 Å². The molecule has 2 rings (SSSR count). The van der Waals surface area contributed by atoms with E-state index in [1.807, 2.05) is 12.1 Å². The normalized spacial score (nSPS) is 16.0. The number of carbonyl (C=O) groups is 1. The Morgan fingerprint density at radius 1 is 1.26 bits per heavy atom. The maximum Gasteiger partial charge on any atom is 0.159 e. The molecular weight excluding hydrogens is 236 g/mol. The van der Waals surface area contributed by atoms with Crippen molar-refractivity contribution in [2.24, 2.45) is 5.92 Å². The number of ether oxygens (including phenoxy) is 1. The van der Waals surface area contributed by atoms with Crippen LogP contribution in [0.4, 0.5) is 0 Å². The van der Waals surface area contributed by atoms with Crippen molar-refractivity contribution in [2.45, 2.75) is 52.4 Å². The van der Waals surface area contributed by atoms with Crippen molar-refractivity contribution in [3.8, 4) is 5.75 Å². The Balaban J connectivity index is 2.20. The van der Waals surface area contributed by atoms with Gasteiger partial charge in [0.25, 0.3) is 0 Å². The molecular formula is C17H24O2. The van der Waals surface area contributed by atoms with Crippen LogP contribution in [0.1, 0.15) is 62.9 Å². The second kappa shape index (κ2) is 5.36. The van der Waals surface area contributed by atoms with Crippen LogP contribution in [0.15, 0.2) is 18.2 Å². The van der Waals surface area contributed by atoms with E-state index in [1.165, 1.54) is 19.3 Å². The van der Waals surface area contributed by atoms with Gasteiger partial charge in [-0.25, -0.2) is 0 Å². The summed E-state index contributed by atoms with van der Waals surface area (Å²) in [5.41, 5.74) is 1.93. The van der Waals surface area contributed by atoms with Gasteiger partial charge in [-0.15, -0.1) is 0 Å². The van der Waals surface area contributed by atoms with Crippen molar-refractivity contribution in [1.82, 2.24) is 0 Å². The molecule has 0 spiro atoms. The molecule has 1 aromatic rings. The van der Waals surface area contributed by atoms with Gasteiger partial charge in [-0.05, 0) is 54.9 Å². The zero-order valence-corrected chi connectivity index (χ0v) is 12.5. The smallest absolute Gasteiger partial charge is 0.159 e. The SMILES string of the molecule is CC(=O)c1cc(OCC2CCC2)cc(C(C)(C)C)c1. The first kappa shape index (κ1) is 14.1. The molecule has 104 valence electrons. The van der Waals surface area contributed by atoms with E-state index in [2.05, 4.69) is 26.8 Å². The summed E-state index contributed by atoms with van der Waals surface area (Å²) in [4.78, 5) is 11.6. The molecule has 0 aliphatic heterocycles. The van der Waals surface area contributed by atoms with Gasteiger partial charge in [-0.2, -0.15) is 0 Å². The predicted octanol–water partition coefficient (Wildman–Crippen LogP) is 4.37. The zero-order valence-electron chi connectivity index (χ0n) is 12.5. The quantitative estimate of drug-likeness (QED) is 0.752. The number of hydrogen-bond acceptors (Lipinski definition) is 2. The monoisotopic (exact) mass is 260 g/mol. The molecule has 1 fully saturated rings. The van der Waals surface area contributed by atoms with Crippen LogP contribution in [0.3, 0.4) is 0 Å². The van der Waals surface area contributed by atoms with Gasteiger partial charge in [0.2, 0.25) is 0 Å². The molecule has 2 heteroatoms. The Kier molecular flexibility index (Phi) is 3.98. The van der Waals surface area contributed by atoms with Gasteiger partial charge in [0.1, 0.15) is 5.75 Å². The summed E-state index contributed by atoms with van der Waals surface area (Å²) >= 11 is 0. The first-order chi connectivity index (χ1) is 8.86. The highest BCUT2D eigenvalue weighted by Gasteiger charge is 2.20. The molecule has 0 bridgehead atoms. The topological polar surface area (TPSA) is 26.3 Å². The molecule has 0 saturated heterocycles. The molecule has 0 radical (unpaired) electrons. The molecule has 19 heavy (non-hydrogen) atoms. The van der Waals surface area contributed by atoms with E-state index in [0.717, 1.165) is 23.5 Å². The van der Waals surface area contributed by atoms with E-state index in [0.29, 0.717) is 5.92 Å². The fourth-order valence-corrected chi connectivity index (χ4v) is 2.19. The van der Waals surface area contributed by atoms with Gasteiger partial charge in [-0.3, -0.25) is 4.79 Å². The maximum absolute atomic E-state index is 11.6. The predicted molar refractivity (Wildman–Crippen MR) is 78.0 cm³/mol. The second-order valence-corrected chi connectivity index (χ2v) is 6.66. The first-order valence-corrected chi connectivity index (χ1v) is 7.15. The van der Waals surface area contributed by atoms with Gasteiger partial charge < -0.3 is 4.74 Å². The zero-order chi connectivity index (χ0) is 14.0. The molecule has 2 nitrogen and oxygen atoms in total. The van der Waals surface area contributed by atoms with E-state index in [-0.39, 0.29) is 11.2 Å². The van der Waals surface area contributed by atoms with Crippen molar-refractivity contribution in [3.63, 3.8) is 0 Å². The fraction of sp³-hybridized carbons (Fsp3) is 0.588. The summed E-state index contributed by atoms with van der Waals surface area (Å²) in [5, 5.41) is 0. The molecule has 1 saturated carbocycles. The molecule has 1 aromatic carbocycles. The van der Waals surface area contributed by atoms with Crippen LogP contribution in [-0.4, -0.2) is 12.4 Å². The van der Waals surface area contributed by atoms with Crippen LogP contribution < -0.4 is 4.74 Å². The van der Waals surface area contributed by atoms with Crippen molar-refractivity contribution >= 4 is 5.78 Å². The van der Waals surface area contributed by atoms with Gasteiger partial charge in [0, 0.05) is 5.56 Å². The van der Waals surface area contributed by atoms with Crippen molar-refractivity contribution in [1.29, 1.82) is 0 Å². The lowest BCUT2D eigenvalue weighted by molar-refractivity contribution is 0.101. The van der Waals surface area contributed by atoms with Gasteiger partial charge in [-0.1, -0.05) is 27.2 Å². The van der Waals surface area contributed by atoms with E-state index in [1.54, 1.807) is 6.92 Å². The van der Waals surface area contributed by atoms with Crippen molar-refractivity contribution in [3.05, 3.63) is 29.3 Å². The number of Topliss-reactive ketones (excluding diaryl/α,β-unsaturated/α-hetero) is 1. The van der Waals surface area contributed by atoms with E-state index < -0.39 is 0 Å². The van der Waals surface area contributed by atoms with Gasteiger partial charge in [0.05, 0.1) is 6.61 Å². The highest BCUT2D eigenvalue weighted by atomic mass is 16.5. The maximum atomic E-state index is 11.6. The minimum atomic E-state index is 0.0278. The van der Waals surface area contributed by atoms with Crippen molar-refractivity contribution in [2.75, 3.05) is 6.61 Å². The molecule has 0 aromatic heterocycles. The van der Waals surface area contributed by atoms with Crippen LogP contribution in [0.2, 0.25) is 0 Å². The highest BCUT2D eigenvalue weighted by Crippen LogP contribution is 2.30. The van der Waals surface area contributed by atoms with Gasteiger partial charge in [0.15, 0.2) is 5.78 Å². The minimum Gasteiger partial charge on any atom is -0.493 e. The lowest BCUT2D eigenvalue weighted by atomic mass is 9.85. The minimum absolute atomic E-state index is 0.0278. The first-order valence-electron chi connectivity index (χ1n) is 7.15. The largest absolute Gasteiger partial charge is 0.493 e. The summed E-state index contributed by atoms with van der Waals surface area (Å²) in [7, 11) is 0. The van der Waals surface area contributed by atoms with Crippen LogP contribution in [0.25, 0.3) is 0 Å². The number of carbonyl (C=O) groups excluding carboxylic acids is 1. The number of hydrogen-bond donors (Lipinski definition) is 0. The fourth-order valence-electron chi connectivity index (χ4n) is 2.19. The number of rotatable bonds is 4. The highest BCUT2D eigenvalue weighted by molar-refractivity contribution is 5.94. The average molecular weight is 260 g/mol. The van der Waals surface area contributed by atoms with Crippen LogP contribution >= 0.6 is 0 Å². The molecule has 0 unspecified atom stereocenters. The lowest BCUT2D eigenvalue weighted by Crippen LogP contribution is -2.20. The van der Waals surface area contributed by atoms with Crippen molar-refractivity contribution < 1.29 is 9.53 Å². The third-order valence-electron chi connectivity index (χ3n) is 3.89. The Morgan fingerprint density at radius 2 is 1.95 bits per heavy atom. The van der Waals surface area contributed by atoms with E-state index >= 15 is 0 Å². The summed E-state index contributed by atoms with van der Waals surface area (Å²) < 4.78 is 5.88. The summed E-state index contributed by atoms with van der Waals surface area (Å²) in [6, 6.07) is 5.93. The molecule has 0 amide bonds. The second-order valence-electron chi connectivity index (χ2n) is 6.66. The Bertz CT molecular complexity index is 465. The molecule has 0 atom stereocenters.